The van der Waals surface area contributed by atoms with E-state index in [-0.39, 0.29) is 30.0 Å². The van der Waals surface area contributed by atoms with Crippen LogP contribution in [-0.4, -0.2) is 43.7 Å². The third-order valence-corrected chi connectivity index (χ3v) is 6.00. The normalized spacial score (nSPS) is 24.8. The van der Waals surface area contributed by atoms with Crippen molar-refractivity contribution in [1.82, 2.24) is 14.7 Å². The molecule has 1 aliphatic carbocycles. The van der Waals surface area contributed by atoms with Crippen LogP contribution in [0.5, 0.6) is 0 Å². The summed E-state index contributed by atoms with van der Waals surface area (Å²) in [5.74, 6) is -1.05. The molecular weight excluding hydrogens is 346 g/mol. The van der Waals surface area contributed by atoms with Crippen molar-refractivity contribution in [3.05, 3.63) is 40.3 Å². The zero-order chi connectivity index (χ0) is 19.1. The molecule has 0 spiro atoms. The molecule has 0 radical (unpaired) electrons. The molecule has 1 saturated carbocycles. The Labute approximate surface area is 156 Å². The molecule has 3 atom stereocenters. The van der Waals surface area contributed by atoms with Crippen LogP contribution in [0.25, 0.3) is 10.8 Å². The molecule has 27 heavy (non-hydrogen) atoms. The van der Waals surface area contributed by atoms with E-state index in [1.165, 1.54) is 9.58 Å². The van der Waals surface area contributed by atoms with Gasteiger partial charge >= 0.3 is 5.97 Å². The van der Waals surface area contributed by atoms with E-state index in [0.29, 0.717) is 17.5 Å². The van der Waals surface area contributed by atoms with Crippen LogP contribution in [0.15, 0.2) is 29.1 Å². The molecule has 7 nitrogen and oxygen atoms in total. The average molecular weight is 369 g/mol. The first-order valence-corrected chi connectivity index (χ1v) is 9.48. The SMILES string of the molecule is Cc1nn(CC(=O)N2C(C(=O)O)CC3CCCCC32)c(=O)c2ccccc12. The van der Waals surface area contributed by atoms with Crippen LogP contribution in [0.2, 0.25) is 0 Å². The zero-order valence-electron chi connectivity index (χ0n) is 15.3. The minimum atomic E-state index is -0.965. The second-order valence-corrected chi connectivity index (χ2v) is 7.60. The molecule has 0 bridgehead atoms. The second kappa shape index (κ2) is 6.79. The van der Waals surface area contributed by atoms with Crippen LogP contribution >= 0.6 is 0 Å². The number of rotatable bonds is 3. The molecule has 2 heterocycles. The van der Waals surface area contributed by atoms with Crippen LogP contribution in [0.4, 0.5) is 0 Å². The molecule has 1 saturated heterocycles. The van der Waals surface area contributed by atoms with Gasteiger partial charge in [0.15, 0.2) is 0 Å². The molecular formula is C20H23N3O4. The molecule has 1 N–H and O–H groups in total. The van der Waals surface area contributed by atoms with Gasteiger partial charge in [-0.15, -0.1) is 0 Å². The summed E-state index contributed by atoms with van der Waals surface area (Å²) in [6, 6.07) is 6.34. The van der Waals surface area contributed by atoms with Crippen LogP contribution in [0, 0.1) is 12.8 Å². The molecule has 7 heteroatoms. The van der Waals surface area contributed by atoms with Crippen molar-refractivity contribution >= 4 is 22.6 Å². The first-order chi connectivity index (χ1) is 13.0. The average Bonchev–Trinajstić information content (AvgIpc) is 3.06. The fraction of sp³-hybridized carbons (Fsp3) is 0.500. The van der Waals surface area contributed by atoms with Crippen LogP contribution in [-0.2, 0) is 16.1 Å². The first-order valence-electron chi connectivity index (χ1n) is 9.48. The van der Waals surface area contributed by atoms with E-state index in [0.717, 1.165) is 31.1 Å². The maximum atomic E-state index is 13.0. The van der Waals surface area contributed by atoms with E-state index in [9.17, 15) is 19.5 Å². The van der Waals surface area contributed by atoms with Crippen molar-refractivity contribution in [2.45, 2.75) is 57.7 Å². The van der Waals surface area contributed by atoms with E-state index in [1.807, 2.05) is 12.1 Å². The van der Waals surface area contributed by atoms with E-state index in [1.54, 1.807) is 19.1 Å². The number of carboxylic acids is 1. The van der Waals surface area contributed by atoms with Gasteiger partial charge in [0, 0.05) is 11.4 Å². The lowest BCUT2D eigenvalue weighted by atomic mass is 9.85. The number of hydrogen-bond acceptors (Lipinski definition) is 4. The highest BCUT2D eigenvalue weighted by Gasteiger charge is 2.47. The van der Waals surface area contributed by atoms with Crippen molar-refractivity contribution in [1.29, 1.82) is 0 Å². The quantitative estimate of drug-likeness (QED) is 0.893. The van der Waals surface area contributed by atoms with Crippen molar-refractivity contribution in [3.8, 4) is 0 Å². The van der Waals surface area contributed by atoms with Crippen molar-refractivity contribution < 1.29 is 14.7 Å². The Hall–Kier alpha value is -2.70. The fourth-order valence-corrected chi connectivity index (χ4v) is 4.76. The fourth-order valence-electron chi connectivity index (χ4n) is 4.76. The van der Waals surface area contributed by atoms with Gasteiger partial charge < -0.3 is 10.0 Å². The van der Waals surface area contributed by atoms with Gasteiger partial charge in [-0.05, 0) is 38.2 Å². The van der Waals surface area contributed by atoms with Gasteiger partial charge in [0.05, 0.1) is 11.1 Å². The number of benzene rings is 1. The highest BCUT2D eigenvalue weighted by Crippen LogP contribution is 2.39. The van der Waals surface area contributed by atoms with Crippen LogP contribution in [0.3, 0.4) is 0 Å². The minimum absolute atomic E-state index is 0.0374. The van der Waals surface area contributed by atoms with Gasteiger partial charge in [-0.25, -0.2) is 9.48 Å². The van der Waals surface area contributed by atoms with Gasteiger partial charge in [0.25, 0.3) is 5.56 Å². The number of fused-ring (bicyclic) bond motifs is 2. The number of carboxylic acid groups (broad SMARTS) is 1. The summed E-state index contributed by atoms with van der Waals surface area (Å²) in [6.45, 7) is 1.58. The van der Waals surface area contributed by atoms with E-state index in [2.05, 4.69) is 5.10 Å². The first kappa shape index (κ1) is 17.7. The van der Waals surface area contributed by atoms with Gasteiger partial charge in [0.1, 0.15) is 12.6 Å². The number of carbonyl (C=O) groups excluding carboxylic acids is 1. The highest BCUT2D eigenvalue weighted by molar-refractivity contribution is 5.86. The van der Waals surface area contributed by atoms with Crippen LogP contribution < -0.4 is 5.56 Å². The third-order valence-electron chi connectivity index (χ3n) is 6.00. The lowest BCUT2D eigenvalue weighted by Crippen LogP contribution is -2.48. The lowest BCUT2D eigenvalue weighted by molar-refractivity contribution is -0.150. The standard InChI is InChI=1S/C20H23N3O4/c1-12-14-7-3-4-8-15(14)19(25)22(21-12)11-18(24)23-16-9-5-2-6-13(16)10-17(23)20(26)27/h3-4,7-8,13,16-17H,2,5-6,9-11H2,1H3,(H,26,27). The van der Waals surface area contributed by atoms with Crippen LogP contribution in [0.1, 0.15) is 37.8 Å². The summed E-state index contributed by atoms with van der Waals surface area (Å²) in [4.78, 5) is 39.0. The zero-order valence-corrected chi connectivity index (χ0v) is 15.3. The highest BCUT2D eigenvalue weighted by atomic mass is 16.4. The number of hydrogen-bond donors (Lipinski definition) is 1. The molecule has 1 aromatic heterocycles. The van der Waals surface area contributed by atoms with Gasteiger partial charge in [0.2, 0.25) is 5.91 Å². The monoisotopic (exact) mass is 369 g/mol. The second-order valence-electron chi connectivity index (χ2n) is 7.60. The Kier molecular flexibility index (Phi) is 4.45. The number of aryl methyl sites for hydroxylation is 1. The molecule has 4 rings (SSSR count). The van der Waals surface area contributed by atoms with Crippen molar-refractivity contribution in [3.63, 3.8) is 0 Å². The molecule has 3 unspecified atom stereocenters. The summed E-state index contributed by atoms with van der Waals surface area (Å²) in [6.07, 6.45) is 4.39. The summed E-state index contributed by atoms with van der Waals surface area (Å²) in [7, 11) is 0. The Balaban J connectivity index is 1.67. The summed E-state index contributed by atoms with van der Waals surface area (Å²) in [5, 5.41) is 15.2. The predicted octanol–water partition coefficient (Wildman–Crippen LogP) is 1.95. The minimum Gasteiger partial charge on any atom is -0.480 e. The maximum Gasteiger partial charge on any atom is 0.326 e. The smallest absolute Gasteiger partial charge is 0.326 e. The lowest BCUT2D eigenvalue weighted by Gasteiger charge is -2.33. The molecule has 1 amide bonds. The van der Waals surface area contributed by atoms with E-state index < -0.39 is 12.0 Å². The number of nitrogens with zero attached hydrogens (tertiary/aromatic N) is 3. The number of carbonyl (C=O) groups is 2. The summed E-state index contributed by atoms with van der Waals surface area (Å²) >= 11 is 0. The number of amides is 1. The van der Waals surface area contributed by atoms with Crippen molar-refractivity contribution in [2.75, 3.05) is 0 Å². The molecule has 1 aliphatic heterocycles. The summed E-state index contributed by atoms with van der Waals surface area (Å²) < 4.78 is 1.18. The molecule has 2 aromatic rings. The Morgan fingerprint density at radius 2 is 1.89 bits per heavy atom. The molecule has 1 aromatic carbocycles. The van der Waals surface area contributed by atoms with Crippen molar-refractivity contribution in [2.24, 2.45) is 5.92 Å². The Bertz CT molecular complexity index is 967. The van der Waals surface area contributed by atoms with Gasteiger partial charge in [-0.2, -0.15) is 5.10 Å². The van der Waals surface area contributed by atoms with Gasteiger partial charge in [-0.1, -0.05) is 31.0 Å². The number of aromatic nitrogens is 2. The Morgan fingerprint density at radius 3 is 2.63 bits per heavy atom. The predicted molar refractivity (Wildman–Crippen MR) is 99.4 cm³/mol. The Morgan fingerprint density at radius 1 is 1.19 bits per heavy atom. The van der Waals surface area contributed by atoms with E-state index >= 15 is 0 Å². The maximum absolute atomic E-state index is 13.0. The van der Waals surface area contributed by atoms with E-state index in [4.69, 9.17) is 0 Å². The third kappa shape index (κ3) is 3.01. The largest absolute Gasteiger partial charge is 0.480 e. The molecule has 2 fully saturated rings. The molecule has 142 valence electrons. The summed E-state index contributed by atoms with van der Waals surface area (Å²) in [5.41, 5.74) is 0.348. The number of likely N-dealkylation sites (tertiary alicyclic amines) is 1. The number of aliphatic carboxylic acids is 1. The molecule has 2 aliphatic rings. The van der Waals surface area contributed by atoms with Gasteiger partial charge in [-0.3, -0.25) is 9.59 Å². The topological polar surface area (TPSA) is 92.5 Å².